The number of benzene rings is 1. The Kier molecular flexibility index (Phi) is 3.96. The van der Waals surface area contributed by atoms with Gasteiger partial charge >= 0.3 is 6.18 Å². The molecule has 24 heavy (non-hydrogen) atoms. The summed E-state index contributed by atoms with van der Waals surface area (Å²) in [5.41, 5.74) is -0.350. The van der Waals surface area contributed by atoms with Crippen molar-refractivity contribution in [2.75, 3.05) is 5.32 Å². The molecule has 0 aliphatic carbocycles. The summed E-state index contributed by atoms with van der Waals surface area (Å²) < 4.78 is 40.1. The number of anilines is 1. The van der Waals surface area contributed by atoms with Crippen molar-refractivity contribution in [1.82, 2.24) is 9.38 Å². The van der Waals surface area contributed by atoms with Crippen molar-refractivity contribution < 1.29 is 18.0 Å². The summed E-state index contributed by atoms with van der Waals surface area (Å²) in [4.78, 5) is 16.6. The number of pyridine rings is 1. The van der Waals surface area contributed by atoms with Crippen LogP contribution in [0.15, 0.2) is 42.6 Å². The van der Waals surface area contributed by atoms with E-state index in [4.69, 9.17) is 11.6 Å². The average Bonchev–Trinajstić information content (AvgIpc) is 2.86. The molecule has 0 unspecified atom stereocenters. The Morgan fingerprint density at radius 2 is 2.00 bits per heavy atom. The zero-order valence-corrected chi connectivity index (χ0v) is 13.1. The molecular weight excluding hydrogens is 343 g/mol. The highest BCUT2D eigenvalue weighted by Crippen LogP contribution is 2.34. The molecule has 0 aliphatic rings. The van der Waals surface area contributed by atoms with Crippen LogP contribution in [0.25, 0.3) is 5.52 Å². The van der Waals surface area contributed by atoms with Crippen LogP contribution >= 0.6 is 11.6 Å². The molecule has 0 spiro atoms. The number of hydrogen-bond donors (Lipinski definition) is 1. The average molecular weight is 354 g/mol. The zero-order chi connectivity index (χ0) is 17.5. The van der Waals surface area contributed by atoms with Gasteiger partial charge in [0.2, 0.25) is 0 Å². The van der Waals surface area contributed by atoms with Crippen LogP contribution in [0.2, 0.25) is 5.02 Å². The van der Waals surface area contributed by atoms with Gasteiger partial charge in [0.15, 0.2) is 5.69 Å². The quantitative estimate of drug-likeness (QED) is 0.733. The van der Waals surface area contributed by atoms with Crippen LogP contribution in [0.5, 0.6) is 0 Å². The number of alkyl halides is 3. The van der Waals surface area contributed by atoms with Gasteiger partial charge < -0.3 is 9.72 Å². The molecule has 0 saturated heterocycles. The highest BCUT2D eigenvalue weighted by Gasteiger charge is 2.31. The molecule has 8 heteroatoms. The first kappa shape index (κ1) is 16.3. The Balaban J connectivity index is 1.98. The van der Waals surface area contributed by atoms with Crippen molar-refractivity contribution in [3.63, 3.8) is 0 Å². The van der Waals surface area contributed by atoms with Gasteiger partial charge in [-0.05, 0) is 37.3 Å². The second kappa shape index (κ2) is 5.83. The van der Waals surface area contributed by atoms with E-state index in [0.717, 1.165) is 18.2 Å². The number of imidazole rings is 1. The SMILES string of the molecule is Cc1nc(C(=O)Nc2cc(C(F)(F)F)ccc2Cl)c2ccccn12. The molecule has 0 bridgehead atoms. The summed E-state index contributed by atoms with van der Waals surface area (Å²) >= 11 is 5.89. The summed E-state index contributed by atoms with van der Waals surface area (Å²) in [7, 11) is 0. The van der Waals surface area contributed by atoms with Crippen molar-refractivity contribution in [2.24, 2.45) is 0 Å². The van der Waals surface area contributed by atoms with Crippen molar-refractivity contribution in [2.45, 2.75) is 13.1 Å². The highest BCUT2D eigenvalue weighted by molar-refractivity contribution is 6.34. The van der Waals surface area contributed by atoms with Crippen molar-refractivity contribution in [1.29, 1.82) is 0 Å². The Morgan fingerprint density at radius 1 is 1.25 bits per heavy atom. The molecule has 1 amide bonds. The molecular formula is C16H11ClF3N3O. The number of nitrogens with zero attached hydrogens (tertiary/aromatic N) is 2. The molecule has 1 N–H and O–H groups in total. The van der Waals surface area contributed by atoms with Crippen molar-refractivity contribution in [3.8, 4) is 0 Å². The lowest BCUT2D eigenvalue weighted by molar-refractivity contribution is -0.137. The summed E-state index contributed by atoms with van der Waals surface area (Å²) in [6, 6.07) is 7.97. The molecule has 3 aromatic rings. The van der Waals surface area contributed by atoms with Gasteiger partial charge in [-0.2, -0.15) is 13.2 Å². The van der Waals surface area contributed by atoms with E-state index in [9.17, 15) is 18.0 Å². The number of amides is 1. The van der Waals surface area contributed by atoms with Crippen LogP contribution in [0, 0.1) is 6.92 Å². The second-order valence-electron chi connectivity index (χ2n) is 5.11. The van der Waals surface area contributed by atoms with Crippen LogP contribution in [0.1, 0.15) is 21.9 Å². The molecule has 0 atom stereocenters. The first-order valence-electron chi connectivity index (χ1n) is 6.89. The molecule has 0 fully saturated rings. The molecule has 0 aliphatic heterocycles. The zero-order valence-electron chi connectivity index (χ0n) is 12.4. The second-order valence-corrected chi connectivity index (χ2v) is 5.52. The lowest BCUT2D eigenvalue weighted by atomic mass is 10.2. The minimum absolute atomic E-state index is 0.0107. The van der Waals surface area contributed by atoms with Crippen LogP contribution in [0.3, 0.4) is 0 Å². The number of carbonyl (C=O) groups excluding carboxylic acids is 1. The van der Waals surface area contributed by atoms with Gasteiger partial charge in [-0.25, -0.2) is 4.98 Å². The predicted octanol–water partition coefficient (Wildman–Crippen LogP) is 4.57. The Bertz CT molecular complexity index is 934. The van der Waals surface area contributed by atoms with E-state index in [1.54, 1.807) is 35.7 Å². The molecule has 4 nitrogen and oxygen atoms in total. The third kappa shape index (κ3) is 2.94. The van der Waals surface area contributed by atoms with E-state index in [1.165, 1.54) is 0 Å². The van der Waals surface area contributed by atoms with Gasteiger partial charge in [-0.1, -0.05) is 17.7 Å². The first-order chi connectivity index (χ1) is 11.3. The van der Waals surface area contributed by atoms with E-state index in [-0.39, 0.29) is 16.4 Å². The number of fused-ring (bicyclic) bond motifs is 1. The normalized spacial score (nSPS) is 11.7. The standard InChI is InChI=1S/C16H11ClF3N3O/c1-9-21-14(13-4-2-3-7-23(9)13)15(24)22-12-8-10(16(18,19)20)5-6-11(12)17/h2-8H,1H3,(H,22,24). The molecule has 2 heterocycles. The van der Waals surface area contributed by atoms with Gasteiger partial charge in [0, 0.05) is 6.20 Å². The smallest absolute Gasteiger partial charge is 0.319 e. The number of carbonyl (C=O) groups is 1. The summed E-state index contributed by atoms with van der Waals surface area (Å²) in [5, 5.41) is 2.41. The predicted molar refractivity (Wildman–Crippen MR) is 84.3 cm³/mol. The minimum atomic E-state index is -4.53. The summed E-state index contributed by atoms with van der Waals surface area (Å²) in [6.45, 7) is 1.72. The Labute approximate surface area is 139 Å². The number of nitrogens with one attached hydrogen (secondary N) is 1. The van der Waals surface area contributed by atoms with E-state index in [2.05, 4.69) is 10.3 Å². The lowest BCUT2D eigenvalue weighted by Gasteiger charge is -2.11. The van der Waals surface area contributed by atoms with Gasteiger partial charge in [0.1, 0.15) is 5.82 Å². The largest absolute Gasteiger partial charge is 0.416 e. The maximum absolute atomic E-state index is 12.8. The molecule has 1 aromatic carbocycles. The van der Waals surface area contributed by atoms with Crippen molar-refractivity contribution >= 4 is 28.7 Å². The molecule has 0 radical (unpaired) electrons. The highest BCUT2D eigenvalue weighted by atomic mass is 35.5. The monoisotopic (exact) mass is 353 g/mol. The topological polar surface area (TPSA) is 46.4 Å². The van der Waals surface area contributed by atoms with Gasteiger partial charge in [-0.3, -0.25) is 4.79 Å². The fourth-order valence-electron chi connectivity index (χ4n) is 2.34. The van der Waals surface area contributed by atoms with Crippen LogP contribution < -0.4 is 5.32 Å². The van der Waals surface area contributed by atoms with Gasteiger partial charge in [-0.15, -0.1) is 0 Å². The fraction of sp³-hybridized carbons (Fsp3) is 0.125. The van der Waals surface area contributed by atoms with Crippen LogP contribution in [-0.4, -0.2) is 15.3 Å². The summed E-state index contributed by atoms with van der Waals surface area (Å²) in [5.74, 6) is -0.0427. The maximum Gasteiger partial charge on any atom is 0.416 e. The van der Waals surface area contributed by atoms with E-state index >= 15 is 0 Å². The molecule has 124 valence electrons. The third-order valence-corrected chi connectivity index (χ3v) is 3.81. The van der Waals surface area contributed by atoms with E-state index in [0.29, 0.717) is 11.3 Å². The number of rotatable bonds is 2. The molecule has 0 saturated carbocycles. The van der Waals surface area contributed by atoms with Gasteiger partial charge in [0.05, 0.1) is 21.8 Å². The number of aromatic nitrogens is 2. The summed E-state index contributed by atoms with van der Waals surface area (Å²) in [6.07, 6.45) is -2.78. The first-order valence-corrected chi connectivity index (χ1v) is 7.27. The van der Waals surface area contributed by atoms with Gasteiger partial charge in [0.25, 0.3) is 5.91 Å². The number of halogens is 4. The molecule has 3 rings (SSSR count). The third-order valence-electron chi connectivity index (χ3n) is 3.48. The Morgan fingerprint density at radius 3 is 2.71 bits per heavy atom. The maximum atomic E-state index is 12.8. The lowest BCUT2D eigenvalue weighted by Crippen LogP contribution is -2.14. The number of hydrogen-bond acceptors (Lipinski definition) is 2. The molecule has 2 aromatic heterocycles. The Hall–Kier alpha value is -2.54. The minimum Gasteiger partial charge on any atom is -0.319 e. The van der Waals surface area contributed by atoms with Crippen LogP contribution in [0.4, 0.5) is 18.9 Å². The van der Waals surface area contributed by atoms with E-state index in [1.807, 2.05) is 0 Å². The number of aryl methyl sites for hydroxylation is 1. The van der Waals surface area contributed by atoms with Crippen molar-refractivity contribution in [3.05, 3.63) is 64.7 Å². The van der Waals surface area contributed by atoms with Crippen LogP contribution in [-0.2, 0) is 6.18 Å². The fourth-order valence-corrected chi connectivity index (χ4v) is 2.50. The van der Waals surface area contributed by atoms with E-state index < -0.39 is 17.6 Å².